The highest BCUT2D eigenvalue weighted by Gasteiger charge is 2.16. The predicted molar refractivity (Wildman–Crippen MR) is 120 cm³/mol. The summed E-state index contributed by atoms with van der Waals surface area (Å²) >= 11 is 0. The van der Waals surface area contributed by atoms with Crippen LogP contribution in [0.1, 0.15) is 11.5 Å². The molecule has 5 aromatic rings. The highest BCUT2D eigenvalue weighted by molar-refractivity contribution is 5.81. The van der Waals surface area contributed by atoms with Crippen LogP contribution in [-0.2, 0) is 0 Å². The van der Waals surface area contributed by atoms with Crippen molar-refractivity contribution in [1.82, 2.24) is 19.5 Å². The number of hydrogen-bond donors (Lipinski definition) is 1. The zero-order chi connectivity index (χ0) is 21.4. The minimum atomic E-state index is 0.767. The molecule has 3 aromatic heterocycles. The molecule has 0 saturated carbocycles. The molecule has 31 heavy (non-hydrogen) atoms. The Morgan fingerprint density at radius 2 is 1.71 bits per heavy atom. The number of methoxy groups -OCH3 is 1. The average molecular weight is 411 g/mol. The molecule has 0 atom stereocenters. The van der Waals surface area contributed by atoms with Gasteiger partial charge in [0.2, 0.25) is 0 Å². The van der Waals surface area contributed by atoms with E-state index in [0.717, 1.165) is 56.7 Å². The van der Waals surface area contributed by atoms with E-state index in [1.807, 2.05) is 48.7 Å². The maximum Gasteiger partial charge on any atom is 0.157 e. The van der Waals surface area contributed by atoms with E-state index in [-0.39, 0.29) is 0 Å². The summed E-state index contributed by atoms with van der Waals surface area (Å²) < 4.78 is 12.6. The van der Waals surface area contributed by atoms with Gasteiger partial charge >= 0.3 is 0 Å². The molecule has 154 valence electrons. The predicted octanol–water partition coefficient (Wildman–Crippen LogP) is 5.42. The Labute approximate surface area is 179 Å². The standard InChI is InChI=1S/C24H21N5O2/c1-15-22(16(2)31-28-15)17-4-6-18(7-5-17)23-24(29-13-12-25-14-21(29)27-23)26-19-8-10-20(30-3)11-9-19/h4-14,26H,1-3H3. The summed E-state index contributed by atoms with van der Waals surface area (Å²) in [7, 11) is 1.66. The zero-order valence-electron chi connectivity index (χ0n) is 17.5. The maximum absolute atomic E-state index is 5.31. The molecule has 7 nitrogen and oxygen atoms in total. The van der Waals surface area contributed by atoms with Crippen molar-refractivity contribution in [3.63, 3.8) is 0 Å². The van der Waals surface area contributed by atoms with Crippen LogP contribution in [0.2, 0.25) is 0 Å². The zero-order valence-corrected chi connectivity index (χ0v) is 17.5. The molecule has 0 spiro atoms. The van der Waals surface area contributed by atoms with E-state index in [0.29, 0.717) is 0 Å². The van der Waals surface area contributed by atoms with E-state index in [2.05, 4.69) is 39.7 Å². The van der Waals surface area contributed by atoms with Crippen LogP contribution in [0.4, 0.5) is 11.5 Å². The lowest BCUT2D eigenvalue weighted by molar-refractivity contribution is 0.393. The van der Waals surface area contributed by atoms with Crippen molar-refractivity contribution < 1.29 is 9.26 Å². The van der Waals surface area contributed by atoms with Gasteiger partial charge in [-0.1, -0.05) is 29.4 Å². The first-order valence-electron chi connectivity index (χ1n) is 9.91. The summed E-state index contributed by atoms with van der Waals surface area (Å²) in [6.07, 6.45) is 5.40. The van der Waals surface area contributed by atoms with Gasteiger partial charge in [-0.3, -0.25) is 9.38 Å². The van der Waals surface area contributed by atoms with Gasteiger partial charge < -0.3 is 14.6 Å². The van der Waals surface area contributed by atoms with E-state index >= 15 is 0 Å². The summed E-state index contributed by atoms with van der Waals surface area (Å²) in [4.78, 5) is 9.04. The number of aryl methyl sites for hydroxylation is 2. The fourth-order valence-electron chi connectivity index (χ4n) is 3.73. The monoisotopic (exact) mass is 411 g/mol. The van der Waals surface area contributed by atoms with Crippen LogP contribution < -0.4 is 10.1 Å². The number of aromatic nitrogens is 4. The highest BCUT2D eigenvalue weighted by atomic mass is 16.5. The third-order valence-electron chi connectivity index (χ3n) is 5.26. The van der Waals surface area contributed by atoms with Crippen molar-refractivity contribution in [2.45, 2.75) is 13.8 Å². The Kier molecular flexibility index (Phi) is 4.63. The van der Waals surface area contributed by atoms with Crippen LogP contribution >= 0.6 is 0 Å². The minimum absolute atomic E-state index is 0.767. The van der Waals surface area contributed by atoms with Gasteiger partial charge in [0, 0.05) is 29.2 Å². The van der Waals surface area contributed by atoms with Crippen molar-refractivity contribution >= 4 is 17.2 Å². The lowest BCUT2D eigenvalue weighted by Crippen LogP contribution is -1.97. The lowest BCUT2D eigenvalue weighted by atomic mass is 10.0. The smallest absolute Gasteiger partial charge is 0.157 e. The van der Waals surface area contributed by atoms with Crippen LogP contribution in [0.3, 0.4) is 0 Å². The minimum Gasteiger partial charge on any atom is -0.497 e. The number of fused-ring (bicyclic) bond motifs is 1. The molecule has 0 fully saturated rings. The molecule has 7 heteroatoms. The number of nitrogens with zero attached hydrogens (tertiary/aromatic N) is 4. The van der Waals surface area contributed by atoms with E-state index in [1.165, 1.54) is 0 Å². The van der Waals surface area contributed by atoms with Gasteiger partial charge in [0.15, 0.2) is 5.65 Å². The molecule has 3 heterocycles. The van der Waals surface area contributed by atoms with Crippen molar-refractivity contribution in [2.75, 3.05) is 12.4 Å². The molecule has 0 amide bonds. The molecule has 0 unspecified atom stereocenters. The molecule has 5 rings (SSSR count). The van der Waals surface area contributed by atoms with Gasteiger partial charge in [0.05, 0.1) is 19.0 Å². The number of rotatable bonds is 5. The van der Waals surface area contributed by atoms with E-state index < -0.39 is 0 Å². The Bertz CT molecular complexity index is 1330. The van der Waals surface area contributed by atoms with Crippen LogP contribution in [0.25, 0.3) is 28.0 Å². The van der Waals surface area contributed by atoms with Crippen LogP contribution in [0.5, 0.6) is 5.75 Å². The van der Waals surface area contributed by atoms with Crippen molar-refractivity contribution in [2.24, 2.45) is 0 Å². The summed E-state index contributed by atoms with van der Waals surface area (Å²) in [6.45, 7) is 3.88. The van der Waals surface area contributed by atoms with Gasteiger partial charge in [0.1, 0.15) is 23.0 Å². The average Bonchev–Trinajstić information content (AvgIpc) is 3.34. The van der Waals surface area contributed by atoms with Crippen molar-refractivity contribution in [1.29, 1.82) is 0 Å². The largest absolute Gasteiger partial charge is 0.497 e. The van der Waals surface area contributed by atoms with Crippen LogP contribution in [0.15, 0.2) is 71.6 Å². The Morgan fingerprint density at radius 3 is 2.39 bits per heavy atom. The number of nitrogens with one attached hydrogen (secondary N) is 1. The maximum atomic E-state index is 5.31. The molecule has 0 radical (unpaired) electrons. The van der Waals surface area contributed by atoms with Crippen molar-refractivity contribution in [3.8, 4) is 28.1 Å². The Hall–Kier alpha value is -4.13. The number of anilines is 2. The van der Waals surface area contributed by atoms with E-state index in [9.17, 15) is 0 Å². The summed E-state index contributed by atoms with van der Waals surface area (Å²) in [5.41, 5.74) is 6.52. The number of imidazole rings is 1. The van der Waals surface area contributed by atoms with Crippen LogP contribution in [-0.4, -0.2) is 26.6 Å². The van der Waals surface area contributed by atoms with Gasteiger partial charge in [-0.05, 0) is 43.7 Å². The first-order valence-corrected chi connectivity index (χ1v) is 9.91. The number of hydrogen-bond acceptors (Lipinski definition) is 6. The Balaban J connectivity index is 1.57. The molecular formula is C24H21N5O2. The highest BCUT2D eigenvalue weighted by Crippen LogP contribution is 2.34. The molecule has 0 saturated heterocycles. The third kappa shape index (κ3) is 3.40. The quantitative estimate of drug-likeness (QED) is 0.416. The summed E-state index contributed by atoms with van der Waals surface area (Å²) in [6, 6.07) is 16.1. The molecule has 2 aromatic carbocycles. The summed E-state index contributed by atoms with van der Waals surface area (Å²) in [5, 5.41) is 7.56. The van der Waals surface area contributed by atoms with Crippen LogP contribution in [0, 0.1) is 13.8 Å². The molecular weight excluding hydrogens is 390 g/mol. The summed E-state index contributed by atoms with van der Waals surface area (Å²) in [5.74, 6) is 2.49. The second-order valence-corrected chi connectivity index (χ2v) is 7.24. The number of ether oxygens (including phenoxy) is 1. The van der Waals surface area contributed by atoms with Gasteiger partial charge in [-0.2, -0.15) is 0 Å². The first kappa shape index (κ1) is 18.9. The van der Waals surface area contributed by atoms with Gasteiger partial charge in [0.25, 0.3) is 0 Å². The molecule has 0 aliphatic rings. The lowest BCUT2D eigenvalue weighted by Gasteiger charge is -2.10. The topological polar surface area (TPSA) is 77.5 Å². The SMILES string of the molecule is COc1ccc(Nc2c(-c3ccc(-c4c(C)noc4C)cc3)nc3cnccn23)cc1. The Morgan fingerprint density at radius 1 is 0.968 bits per heavy atom. The third-order valence-corrected chi connectivity index (χ3v) is 5.26. The normalized spacial score (nSPS) is 11.1. The van der Waals surface area contributed by atoms with E-state index in [4.69, 9.17) is 14.2 Å². The fraction of sp³-hybridized carbons (Fsp3) is 0.125. The first-order chi connectivity index (χ1) is 15.1. The fourth-order valence-corrected chi connectivity index (χ4v) is 3.73. The van der Waals surface area contributed by atoms with Gasteiger partial charge in [-0.25, -0.2) is 4.98 Å². The molecule has 0 aliphatic carbocycles. The van der Waals surface area contributed by atoms with Gasteiger partial charge in [-0.15, -0.1) is 0 Å². The second kappa shape index (κ2) is 7.60. The van der Waals surface area contributed by atoms with Crippen molar-refractivity contribution in [3.05, 3.63) is 78.6 Å². The molecule has 0 aliphatic heterocycles. The molecule has 1 N–H and O–H groups in total. The second-order valence-electron chi connectivity index (χ2n) is 7.24. The number of benzene rings is 2. The molecule has 0 bridgehead atoms. The van der Waals surface area contributed by atoms with E-state index in [1.54, 1.807) is 19.5 Å².